The van der Waals surface area contributed by atoms with Crippen molar-refractivity contribution in [1.82, 2.24) is 20.2 Å². The fourth-order valence-electron chi connectivity index (χ4n) is 2.17. The van der Waals surface area contributed by atoms with E-state index in [-0.39, 0.29) is 18.1 Å². The molecule has 3 rings (SSSR count). The molecule has 11 heteroatoms. The van der Waals surface area contributed by atoms with Gasteiger partial charge in [0.15, 0.2) is 0 Å². The number of amides is 1. The Bertz CT molecular complexity index is 972. The number of carbonyl (C=O) groups is 1. The summed E-state index contributed by atoms with van der Waals surface area (Å²) < 4.78 is 51.5. The Kier molecular flexibility index (Phi) is 5.08. The van der Waals surface area contributed by atoms with E-state index in [1.54, 1.807) is 0 Å². The highest BCUT2D eigenvalue weighted by molar-refractivity contribution is 6.31. The number of rotatable bonds is 4. The number of hydrogen-bond donors (Lipinski definition) is 1. The summed E-state index contributed by atoms with van der Waals surface area (Å²) in [6.45, 7) is -0.377. The van der Waals surface area contributed by atoms with Gasteiger partial charge in [-0.15, -0.1) is 10.2 Å². The Balaban J connectivity index is 1.69. The summed E-state index contributed by atoms with van der Waals surface area (Å²) in [5.41, 5.74) is -0.634. The van der Waals surface area contributed by atoms with Gasteiger partial charge in [-0.1, -0.05) is 11.6 Å². The first-order chi connectivity index (χ1) is 12.7. The highest BCUT2D eigenvalue weighted by Gasteiger charge is 2.33. The summed E-state index contributed by atoms with van der Waals surface area (Å²) in [4.78, 5) is 13.0. The smallest absolute Gasteiger partial charge is 0.324 e. The van der Waals surface area contributed by atoms with E-state index in [0.29, 0.717) is 5.56 Å². The van der Waals surface area contributed by atoms with Crippen LogP contribution in [0.2, 0.25) is 5.02 Å². The molecule has 1 amide bonds. The van der Waals surface area contributed by atoms with Gasteiger partial charge >= 0.3 is 6.18 Å². The predicted molar refractivity (Wildman–Crippen MR) is 88.3 cm³/mol. The SMILES string of the molecule is O=C(Cn1nnc(-c2ccc(F)cc2)n1)Nc1ccc(Cl)c(C(F)(F)F)c1. The van der Waals surface area contributed by atoms with Gasteiger partial charge in [-0.25, -0.2) is 4.39 Å². The molecule has 1 heterocycles. The molecular weight excluding hydrogens is 390 g/mol. The largest absolute Gasteiger partial charge is 0.417 e. The second-order valence-corrected chi connectivity index (χ2v) is 5.80. The number of carbonyl (C=O) groups excluding carboxylic acids is 1. The van der Waals surface area contributed by atoms with Crippen molar-refractivity contribution in [3.05, 3.63) is 58.9 Å². The minimum absolute atomic E-state index is 0.0735. The van der Waals surface area contributed by atoms with Crippen molar-refractivity contribution in [3.8, 4) is 11.4 Å². The number of anilines is 1. The quantitative estimate of drug-likeness (QED) is 0.677. The summed E-state index contributed by atoms with van der Waals surface area (Å²) in [6, 6.07) is 8.36. The Labute approximate surface area is 154 Å². The molecule has 0 saturated carbocycles. The van der Waals surface area contributed by atoms with E-state index in [1.165, 1.54) is 30.3 Å². The molecule has 0 saturated heterocycles. The van der Waals surface area contributed by atoms with Gasteiger partial charge in [-0.3, -0.25) is 4.79 Å². The average molecular weight is 400 g/mol. The Hall–Kier alpha value is -3.01. The standard InChI is InChI=1S/C16H10ClF4N5O/c17-13-6-5-11(7-12(13)16(19,20)21)22-14(27)8-26-24-15(23-25-26)9-1-3-10(18)4-2-9/h1-7H,8H2,(H,22,27). The number of benzene rings is 2. The third-order valence-electron chi connectivity index (χ3n) is 3.40. The molecule has 0 aliphatic heterocycles. The average Bonchev–Trinajstić information content (AvgIpc) is 3.04. The Morgan fingerprint density at radius 2 is 1.85 bits per heavy atom. The molecule has 0 atom stereocenters. The van der Waals surface area contributed by atoms with Crippen molar-refractivity contribution in [2.45, 2.75) is 12.7 Å². The van der Waals surface area contributed by atoms with Crippen LogP contribution in [0.5, 0.6) is 0 Å². The molecule has 1 N–H and O–H groups in total. The van der Waals surface area contributed by atoms with Crippen molar-refractivity contribution < 1.29 is 22.4 Å². The van der Waals surface area contributed by atoms with E-state index in [1.807, 2.05) is 0 Å². The van der Waals surface area contributed by atoms with E-state index in [9.17, 15) is 22.4 Å². The van der Waals surface area contributed by atoms with Crippen LogP contribution in [-0.4, -0.2) is 26.1 Å². The van der Waals surface area contributed by atoms with Crippen molar-refractivity contribution in [2.75, 3.05) is 5.32 Å². The predicted octanol–water partition coefficient (Wildman–Crippen LogP) is 3.79. The van der Waals surface area contributed by atoms with E-state index in [0.717, 1.165) is 16.9 Å². The van der Waals surface area contributed by atoms with Crippen molar-refractivity contribution in [2.24, 2.45) is 0 Å². The molecule has 27 heavy (non-hydrogen) atoms. The summed E-state index contributed by atoms with van der Waals surface area (Å²) >= 11 is 5.53. The second-order valence-electron chi connectivity index (χ2n) is 5.39. The molecule has 0 aliphatic carbocycles. The summed E-state index contributed by atoms with van der Waals surface area (Å²) in [5, 5.41) is 13.2. The number of hydrogen-bond acceptors (Lipinski definition) is 4. The number of tetrazole rings is 1. The first-order valence-electron chi connectivity index (χ1n) is 7.43. The fraction of sp³-hybridized carbons (Fsp3) is 0.125. The highest BCUT2D eigenvalue weighted by Crippen LogP contribution is 2.36. The Morgan fingerprint density at radius 3 is 2.52 bits per heavy atom. The number of aromatic nitrogens is 4. The zero-order valence-corrected chi connectivity index (χ0v) is 14.1. The summed E-state index contributed by atoms with van der Waals surface area (Å²) in [6.07, 6.45) is -4.64. The molecule has 140 valence electrons. The minimum Gasteiger partial charge on any atom is -0.324 e. The van der Waals surface area contributed by atoms with Gasteiger partial charge in [0.1, 0.15) is 12.4 Å². The molecule has 0 unspecified atom stereocenters. The lowest BCUT2D eigenvalue weighted by atomic mass is 10.2. The van der Waals surface area contributed by atoms with Crippen LogP contribution in [0.1, 0.15) is 5.56 Å². The maximum Gasteiger partial charge on any atom is 0.417 e. The highest BCUT2D eigenvalue weighted by atomic mass is 35.5. The van der Waals surface area contributed by atoms with Crippen LogP contribution in [0.25, 0.3) is 11.4 Å². The van der Waals surface area contributed by atoms with Crippen LogP contribution in [0.3, 0.4) is 0 Å². The molecule has 0 spiro atoms. The van der Waals surface area contributed by atoms with Crippen molar-refractivity contribution in [3.63, 3.8) is 0 Å². The molecule has 0 radical (unpaired) electrons. The molecule has 0 aliphatic rings. The summed E-state index contributed by atoms with van der Waals surface area (Å²) in [5.74, 6) is -0.908. The zero-order valence-electron chi connectivity index (χ0n) is 13.3. The lowest BCUT2D eigenvalue weighted by Gasteiger charge is -2.11. The number of halogens is 5. The van der Waals surface area contributed by atoms with Crippen LogP contribution < -0.4 is 5.32 Å². The van der Waals surface area contributed by atoms with E-state index in [2.05, 4.69) is 20.7 Å². The molecule has 1 aromatic heterocycles. The minimum atomic E-state index is -4.64. The monoisotopic (exact) mass is 399 g/mol. The van der Waals surface area contributed by atoms with Gasteiger partial charge in [0.25, 0.3) is 0 Å². The molecule has 3 aromatic rings. The normalized spacial score (nSPS) is 11.4. The third-order valence-corrected chi connectivity index (χ3v) is 3.73. The van der Waals surface area contributed by atoms with Crippen molar-refractivity contribution >= 4 is 23.2 Å². The lowest BCUT2D eigenvalue weighted by molar-refractivity contribution is -0.137. The second kappa shape index (κ2) is 7.31. The first-order valence-corrected chi connectivity index (χ1v) is 7.80. The van der Waals surface area contributed by atoms with Crippen LogP contribution >= 0.6 is 11.6 Å². The molecular formula is C16H10ClF4N5O. The van der Waals surface area contributed by atoms with Crippen LogP contribution in [0.4, 0.5) is 23.2 Å². The van der Waals surface area contributed by atoms with E-state index < -0.39 is 28.5 Å². The fourth-order valence-corrected chi connectivity index (χ4v) is 2.40. The lowest BCUT2D eigenvalue weighted by Crippen LogP contribution is -2.20. The topological polar surface area (TPSA) is 72.7 Å². The molecule has 0 bridgehead atoms. The van der Waals surface area contributed by atoms with E-state index >= 15 is 0 Å². The first kappa shape index (κ1) is 18.8. The van der Waals surface area contributed by atoms with Gasteiger partial charge in [-0.2, -0.15) is 18.0 Å². The number of alkyl halides is 3. The molecule has 2 aromatic carbocycles. The zero-order chi connectivity index (χ0) is 19.6. The maximum atomic E-state index is 12.9. The van der Waals surface area contributed by atoms with Crippen LogP contribution in [0, 0.1) is 5.82 Å². The van der Waals surface area contributed by atoms with Crippen LogP contribution in [0.15, 0.2) is 42.5 Å². The molecule has 6 nitrogen and oxygen atoms in total. The van der Waals surface area contributed by atoms with Gasteiger partial charge < -0.3 is 5.32 Å². The third kappa shape index (κ3) is 4.59. The van der Waals surface area contributed by atoms with E-state index in [4.69, 9.17) is 11.6 Å². The van der Waals surface area contributed by atoms with Crippen LogP contribution in [-0.2, 0) is 17.5 Å². The van der Waals surface area contributed by atoms with Gasteiger partial charge in [0.05, 0.1) is 10.6 Å². The molecule has 0 fully saturated rings. The number of nitrogens with one attached hydrogen (secondary N) is 1. The number of nitrogens with zero attached hydrogens (tertiary/aromatic N) is 4. The van der Waals surface area contributed by atoms with Gasteiger partial charge in [0, 0.05) is 11.3 Å². The van der Waals surface area contributed by atoms with Gasteiger partial charge in [-0.05, 0) is 47.7 Å². The van der Waals surface area contributed by atoms with Crippen molar-refractivity contribution in [1.29, 1.82) is 0 Å². The Morgan fingerprint density at radius 1 is 1.15 bits per heavy atom. The maximum absolute atomic E-state index is 12.9. The summed E-state index contributed by atoms with van der Waals surface area (Å²) in [7, 11) is 0. The van der Waals surface area contributed by atoms with Gasteiger partial charge in [0.2, 0.25) is 11.7 Å².